The summed E-state index contributed by atoms with van der Waals surface area (Å²) in [5.41, 5.74) is 0.119. The van der Waals surface area contributed by atoms with E-state index in [9.17, 15) is 8.78 Å². The zero-order valence-corrected chi connectivity index (χ0v) is 6.41. The smallest absolute Gasteiger partial charge is 0.189 e. The molecule has 0 aliphatic rings. The number of phenolic OH excluding ortho intramolecular Hbond substituents is 1. The number of rotatable bonds is 0. The van der Waals surface area contributed by atoms with Gasteiger partial charge in [-0.25, -0.2) is 8.78 Å². The molecule has 1 N–H and O–H groups in total. The van der Waals surface area contributed by atoms with Crippen molar-refractivity contribution in [3.63, 3.8) is 0 Å². The Hall–Kier alpha value is -0.830. The zero-order valence-electron chi connectivity index (χ0n) is 5.66. The van der Waals surface area contributed by atoms with Gasteiger partial charge in [-0.1, -0.05) is 11.6 Å². The van der Waals surface area contributed by atoms with E-state index in [1.54, 1.807) is 0 Å². The van der Waals surface area contributed by atoms with Crippen molar-refractivity contribution in [3.8, 4) is 5.75 Å². The molecule has 0 unspecified atom stereocenters. The SMILES string of the molecule is Cc1cc(Cl)c(F)c(O)c1F. The van der Waals surface area contributed by atoms with Crippen molar-refractivity contribution < 1.29 is 13.9 Å². The Morgan fingerprint density at radius 3 is 2.45 bits per heavy atom. The van der Waals surface area contributed by atoms with Crippen LogP contribution < -0.4 is 0 Å². The van der Waals surface area contributed by atoms with Gasteiger partial charge in [0.05, 0.1) is 5.02 Å². The van der Waals surface area contributed by atoms with Crippen molar-refractivity contribution in [1.82, 2.24) is 0 Å². The largest absolute Gasteiger partial charge is 0.503 e. The van der Waals surface area contributed by atoms with Crippen molar-refractivity contribution in [3.05, 3.63) is 28.3 Å². The Labute approximate surface area is 67.2 Å². The highest BCUT2D eigenvalue weighted by atomic mass is 35.5. The maximum atomic E-state index is 12.6. The molecular formula is C7H5ClF2O. The molecule has 0 spiro atoms. The van der Waals surface area contributed by atoms with Crippen molar-refractivity contribution in [1.29, 1.82) is 0 Å². The number of aryl methyl sites for hydroxylation is 1. The predicted molar refractivity (Wildman–Crippen MR) is 37.8 cm³/mol. The molecule has 11 heavy (non-hydrogen) atoms. The van der Waals surface area contributed by atoms with Crippen molar-refractivity contribution in [2.24, 2.45) is 0 Å². The van der Waals surface area contributed by atoms with Gasteiger partial charge in [0.1, 0.15) is 0 Å². The Morgan fingerprint density at radius 1 is 1.36 bits per heavy atom. The van der Waals surface area contributed by atoms with Crippen LogP contribution in [0.5, 0.6) is 5.75 Å². The van der Waals surface area contributed by atoms with Gasteiger partial charge in [0.25, 0.3) is 0 Å². The summed E-state index contributed by atoms with van der Waals surface area (Å²) in [6, 6.07) is 1.12. The molecule has 0 heterocycles. The summed E-state index contributed by atoms with van der Waals surface area (Å²) in [6.45, 7) is 1.39. The molecule has 1 aromatic carbocycles. The van der Waals surface area contributed by atoms with Crippen LogP contribution in [0.4, 0.5) is 8.78 Å². The lowest BCUT2D eigenvalue weighted by Gasteiger charge is -2.01. The molecule has 0 amide bonds. The summed E-state index contributed by atoms with van der Waals surface area (Å²) in [4.78, 5) is 0. The van der Waals surface area contributed by atoms with Gasteiger partial charge in [-0.05, 0) is 18.6 Å². The summed E-state index contributed by atoms with van der Waals surface area (Å²) in [5.74, 6) is -3.10. The standard InChI is InChI=1S/C7H5ClF2O/c1-3-2-4(8)6(10)7(11)5(3)9/h2,11H,1H3. The second-order valence-corrected chi connectivity index (χ2v) is 2.56. The first-order chi connectivity index (χ1) is 5.04. The van der Waals surface area contributed by atoms with E-state index in [4.69, 9.17) is 16.7 Å². The lowest BCUT2D eigenvalue weighted by Crippen LogP contribution is -1.88. The van der Waals surface area contributed by atoms with Gasteiger partial charge < -0.3 is 5.11 Å². The summed E-state index contributed by atoms with van der Waals surface area (Å²) >= 11 is 5.29. The van der Waals surface area contributed by atoms with Crippen LogP contribution in [0, 0.1) is 18.6 Å². The minimum atomic E-state index is -1.12. The molecule has 0 saturated heterocycles. The Balaban J connectivity index is 3.46. The van der Waals surface area contributed by atoms with E-state index in [0.29, 0.717) is 0 Å². The molecule has 60 valence electrons. The second kappa shape index (κ2) is 2.66. The highest BCUT2D eigenvalue weighted by molar-refractivity contribution is 6.30. The number of hydrogen-bond acceptors (Lipinski definition) is 1. The van der Waals surface area contributed by atoms with Gasteiger partial charge in [0.2, 0.25) is 0 Å². The molecule has 1 rings (SSSR count). The number of aromatic hydroxyl groups is 1. The number of hydrogen-bond donors (Lipinski definition) is 1. The fourth-order valence-electron chi connectivity index (χ4n) is 0.713. The van der Waals surface area contributed by atoms with E-state index in [2.05, 4.69) is 0 Å². The zero-order chi connectivity index (χ0) is 8.59. The lowest BCUT2D eigenvalue weighted by molar-refractivity contribution is 0.394. The quantitative estimate of drug-likeness (QED) is 0.606. The normalized spacial score (nSPS) is 10.2. The molecule has 0 aliphatic heterocycles. The van der Waals surface area contributed by atoms with Gasteiger partial charge >= 0.3 is 0 Å². The number of benzene rings is 1. The minimum absolute atomic E-state index is 0.119. The maximum Gasteiger partial charge on any atom is 0.189 e. The monoisotopic (exact) mass is 178 g/mol. The van der Waals surface area contributed by atoms with Crippen molar-refractivity contribution in [2.75, 3.05) is 0 Å². The predicted octanol–water partition coefficient (Wildman–Crippen LogP) is 2.63. The van der Waals surface area contributed by atoms with Crippen LogP contribution in [0.1, 0.15) is 5.56 Å². The number of halogens is 3. The van der Waals surface area contributed by atoms with Gasteiger partial charge in [0.15, 0.2) is 17.4 Å². The molecule has 1 aromatic rings. The first-order valence-corrected chi connectivity index (χ1v) is 3.25. The van der Waals surface area contributed by atoms with Crippen LogP contribution in [0.2, 0.25) is 5.02 Å². The van der Waals surface area contributed by atoms with Gasteiger partial charge in [-0.3, -0.25) is 0 Å². The fraction of sp³-hybridized carbons (Fsp3) is 0.143. The van der Waals surface area contributed by atoms with E-state index in [-0.39, 0.29) is 10.6 Å². The molecule has 0 atom stereocenters. The third kappa shape index (κ3) is 1.28. The Bertz CT molecular complexity index is 273. The summed E-state index contributed by atoms with van der Waals surface area (Å²) in [7, 11) is 0. The second-order valence-electron chi connectivity index (χ2n) is 2.15. The first kappa shape index (κ1) is 8.27. The van der Waals surface area contributed by atoms with Crippen LogP contribution in [0.3, 0.4) is 0 Å². The minimum Gasteiger partial charge on any atom is -0.503 e. The molecule has 0 radical (unpaired) electrons. The summed E-state index contributed by atoms with van der Waals surface area (Å²) in [5, 5.41) is 8.46. The van der Waals surface area contributed by atoms with Crippen molar-refractivity contribution in [2.45, 2.75) is 6.92 Å². The van der Waals surface area contributed by atoms with Gasteiger partial charge in [0, 0.05) is 0 Å². The third-order valence-corrected chi connectivity index (χ3v) is 1.59. The average molecular weight is 179 g/mol. The van der Waals surface area contributed by atoms with E-state index < -0.39 is 17.4 Å². The molecule has 0 bridgehead atoms. The molecule has 4 heteroatoms. The van der Waals surface area contributed by atoms with Gasteiger partial charge in [-0.15, -0.1) is 0 Å². The Morgan fingerprint density at radius 2 is 1.91 bits per heavy atom. The van der Waals surface area contributed by atoms with Crippen LogP contribution in [-0.4, -0.2) is 5.11 Å². The summed E-state index contributed by atoms with van der Waals surface area (Å²) < 4.78 is 25.2. The fourth-order valence-corrected chi connectivity index (χ4v) is 0.966. The van der Waals surface area contributed by atoms with E-state index in [0.717, 1.165) is 6.07 Å². The van der Waals surface area contributed by atoms with E-state index in [1.165, 1.54) is 6.92 Å². The molecule has 0 saturated carbocycles. The van der Waals surface area contributed by atoms with Crippen LogP contribution in [0.25, 0.3) is 0 Å². The lowest BCUT2D eigenvalue weighted by atomic mass is 10.2. The molecule has 1 nitrogen and oxygen atoms in total. The topological polar surface area (TPSA) is 20.2 Å². The molecule has 0 aliphatic carbocycles. The summed E-state index contributed by atoms with van der Waals surface area (Å²) in [6.07, 6.45) is 0. The highest BCUT2D eigenvalue weighted by Crippen LogP contribution is 2.28. The van der Waals surface area contributed by atoms with Crippen LogP contribution in [0.15, 0.2) is 6.07 Å². The van der Waals surface area contributed by atoms with E-state index >= 15 is 0 Å². The van der Waals surface area contributed by atoms with Crippen molar-refractivity contribution >= 4 is 11.6 Å². The maximum absolute atomic E-state index is 12.6. The highest BCUT2D eigenvalue weighted by Gasteiger charge is 2.13. The van der Waals surface area contributed by atoms with Crippen LogP contribution >= 0.6 is 11.6 Å². The molecule has 0 fully saturated rings. The average Bonchev–Trinajstić information content (AvgIpc) is 1.97. The number of phenols is 1. The molecule has 0 aromatic heterocycles. The first-order valence-electron chi connectivity index (χ1n) is 2.87. The van der Waals surface area contributed by atoms with E-state index in [1.807, 2.05) is 0 Å². The van der Waals surface area contributed by atoms with Gasteiger partial charge in [-0.2, -0.15) is 0 Å². The van der Waals surface area contributed by atoms with Crippen LogP contribution in [-0.2, 0) is 0 Å². The molecular weight excluding hydrogens is 174 g/mol. The Kier molecular flexibility index (Phi) is 2.00. The third-order valence-electron chi connectivity index (χ3n) is 1.31.